The number of allylic oxidation sites excluding steroid dienone is 5. The quantitative estimate of drug-likeness (QED) is 0.434. The minimum atomic E-state index is -0.159. The van der Waals surface area contributed by atoms with Crippen molar-refractivity contribution in [1.82, 2.24) is 0 Å². The molecule has 1 atom stereocenters. The van der Waals surface area contributed by atoms with Crippen molar-refractivity contribution in [3.63, 3.8) is 0 Å². The van der Waals surface area contributed by atoms with Crippen LogP contribution in [0.25, 0.3) is 0 Å². The van der Waals surface area contributed by atoms with Crippen molar-refractivity contribution >= 4 is 0 Å². The second kappa shape index (κ2) is 10.4. The van der Waals surface area contributed by atoms with Crippen LogP contribution >= 0.6 is 0 Å². The molecule has 0 aromatic heterocycles. The van der Waals surface area contributed by atoms with Crippen molar-refractivity contribution in [1.29, 1.82) is 0 Å². The second-order valence-electron chi connectivity index (χ2n) is 7.45. The third kappa shape index (κ3) is 5.89. The molecule has 0 aliphatic heterocycles. The Morgan fingerprint density at radius 1 is 1.21 bits per heavy atom. The van der Waals surface area contributed by atoms with Gasteiger partial charge >= 0.3 is 148 Å². The molecule has 2 aliphatic rings. The summed E-state index contributed by atoms with van der Waals surface area (Å²) in [5.41, 5.74) is 2.89. The predicted octanol–water partition coefficient (Wildman–Crippen LogP) is -0.367. The van der Waals surface area contributed by atoms with Crippen LogP contribution in [-0.2, 0) is 25.2 Å². The SMILES string of the molecule is CCCCOC1(CC2=[C]([Ti+2])CC=C2)CC=CC=C1C(C)(C)C.[Cl-].[Cl-]. The maximum atomic E-state index is 6.57. The predicted molar refractivity (Wildman–Crippen MR) is 90.3 cm³/mol. The largest absolute Gasteiger partial charge is 1.00 e. The van der Waals surface area contributed by atoms with Gasteiger partial charge in [-0.2, -0.15) is 0 Å². The van der Waals surface area contributed by atoms with Gasteiger partial charge in [-0.15, -0.1) is 0 Å². The van der Waals surface area contributed by atoms with Crippen LogP contribution in [0.15, 0.2) is 45.4 Å². The van der Waals surface area contributed by atoms with Crippen LogP contribution in [0.4, 0.5) is 0 Å². The molecule has 1 unspecified atom stereocenters. The summed E-state index contributed by atoms with van der Waals surface area (Å²) in [4.78, 5) is 0. The van der Waals surface area contributed by atoms with E-state index in [1.165, 1.54) is 21.4 Å². The second-order valence-corrected chi connectivity index (χ2v) is 8.39. The standard InChI is InChI=1S/C20H29O.2ClH.Ti/c1-5-6-15-21-20(16-17-11-7-8-12-17)14-10-9-13-18(20)19(2,3)4;;;/h7,9-11,13H,5-6,8,14-16H2,1-4H3;2*1H;/q;;;+2/p-2. The molecule has 1 nitrogen and oxygen atoms in total. The van der Waals surface area contributed by atoms with Gasteiger partial charge < -0.3 is 24.8 Å². The number of halogens is 2. The molecule has 133 valence electrons. The van der Waals surface area contributed by atoms with Crippen LogP contribution in [0.2, 0.25) is 0 Å². The van der Waals surface area contributed by atoms with Crippen molar-refractivity contribution in [2.75, 3.05) is 6.61 Å². The molecule has 0 saturated heterocycles. The summed E-state index contributed by atoms with van der Waals surface area (Å²) in [6.45, 7) is 10.0. The van der Waals surface area contributed by atoms with Crippen molar-refractivity contribution < 1.29 is 50.0 Å². The van der Waals surface area contributed by atoms with E-state index < -0.39 is 0 Å². The van der Waals surface area contributed by atoms with Crippen LogP contribution in [0.1, 0.15) is 59.8 Å². The topological polar surface area (TPSA) is 9.23 Å². The Bertz CT molecular complexity index is 526. The Kier molecular flexibility index (Phi) is 10.5. The zero-order chi connectivity index (χ0) is 16.2. The van der Waals surface area contributed by atoms with E-state index in [0.29, 0.717) is 0 Å². The summed E-state index contributed by atoms with van der Waals surface area (Å²) in [5.74, 6) is 0. The van der Waals surface area contributed by atoms with Gasteiger partial charge in [-0.05, 0) is 0 Å². The van der Waals surface area contributed by atoms with E-state index in [-0.39, 0.29) is 35.8 Å². The zero-order valence-electron chi connectivity index (χ0n) is 15.3. The molecule has 2 aliphatic carbocycles. The van der Waals surface area contributed by atoms with Crippen LogP contribution in [0.5, 0.6) is 0 Å². The maximum Gasteiger partial charge on any atom is -1.00 e. The Labute approximate surface area is 172 Å². The van der Waals surface area contributed by atoms with E-state index in [9.17, 15) is 0 Å². The van der Waals surface area contributed by atoms with Gasteiger partial charge in [-0.25, -0.2) is 0 Å². The molecule has 0 aromatic carbocycles. The van der Waals surface area contributed by atoms with E-state index in [0.717, 1.165) is 32.3 Å². The van der Waals surface area contributed by atoms with Crippen LogP contribution < -0.4 is 24.8 Å². The van der Waals surface area contributed by atoms with E-state index in [4.69, 9.17) is 4.74 Å². The average molecular weight is 404 g/mol. The van der Waals surface area contributed by atoms with Crippen molar-refractivity contribution in [2.45, 2.75) is 65.4 Å². The fourth-order valence-corrected chi connectivity index (χ4v) is 3.86. The van der Waals surface area contributed by atoms with Gasteiger partial charge in [0.25, 0.3) is 0 Å². The van der Waals surface area contributed by atoms with E-state index in [1.54, 1.807) is 0 Å². The first-order valence-corrected chi connectivity index (χ1v) is 9.29. The van der Waals surface area contributed by atoms with Gasteiger partial charge in [-0.3, -0.25) is 0 Å². The van der Waals surface area contributed by atoms with Crippen molar-refractivity contribution in [3.8, 4) is 0 Å². The molecule has 2 rings (SSSR count). The van der Waals surface area contributed by atoms with Gasteiger partial charge in [0.2, 0.25) is 0 Å². The molecular formula is C20H29Cl2OTi. The van der Waals surface area contributed by atoms with Gasteiger partial charge in [0.15, 0.2) is 0 Å². The van der Waals surface area contributed by atoms with Crippen LogP contribution in [-0.4, -0.2) is 12.2 Å². The smallest absolute Gasteiger partial charge is 1.00 e. The first-order valence-electron chi connectivity index (χ1n) is 8.51. The number of hydrogen-bond acceptors (Lipinski definition) is 1. The molecule has 0 bridgehead atoms. The van der Waals surface area contributed by atoms with Gasteiger partial charge in [0.05, 0.1) is 0 Å². The fraction of sp³-hybridized carbons (Fsp3) is 0.600. The summed E-state index contributed by atoms with van der Waals surface area (Å²) in [5, 5.41) is 0. The summed E-state index contributed by atoms with van der Waals surface area (Å²) in [6, 6.07) is 0. The summed E-state index contributed by atoms with van der Waals surface area (Å²) in [7, 11) is 0. The molecule has 24 heavy (non-hydrogen) atoms. The molecule has 0 N–H and O–H groups in total. The number of rotatable bonds is 6. The van der Waals surface area contributed by atoms with Crippen LogP contribution in [0.3, 0.4) is 0 Å². The fourth-order valence-electron chi connectivity index (χ4n) is 3.41. The number of unbranched alkanes of at least 4 members (excludes halogenated alkanes) is 1. The third-order valence-corrected chi connectivity index (χ3v) is 5.35. The third-order valence-electron chi connectivity index (χ3n) is 4.53. The molecule has 0 spiro atoms. The molecule has 0 heterocycles. The molecule has 0 amide bonds. The Morgan fingerprint density at radius 2 is 1.92 bits per heavy atom. The summed E-state index contributed by atoms with van der Waals surface area (Å²) in [6.07, 6.45) is 16.8. The van der Waals surface area contributed by atoms with Gasteiger partial charge in [-0.1, -0.05) is 0 Å². The maximum absolute atomic E-state index is 6.57. The van der Waals surface area contributed by atoms with Crippen molar-refractivity contribution in [3.05, 3.63) is 45.4 Å². The van der Waals surface area contributed by atoms with Crippen molar-refractivity contribution in [2.24, 2.45) is 5.41 Å². The molecule has 0 saturated carbocycles. The zero-order valence-corrected chi connectivity index (χ0v) is 18.4. The van der Waals surface area contributed by atoms with E-state index in [1.807, 2.05) is 0 Å². The molecule has 4 heteroatoms. The Balaban J connectivity index is 0.00000264. The average Bonchev–Trinajstić information content (AvgIpc) is 2.84. The first-order chi connectivity index (χ1) is 10.4. The normalized spacial score (nSPS) is 23.0. The minimum absolute atomic E-state index is 0. The Morgan fingerprint density at radius 3 is 2.46 bits per heavy atom. The first kappa shape index (κ1) is 24.2. The van der Waals surface area contributed by atoms with Crippen LogP contribution in [0, 0.1) is 5.41 Å². The summed E-state index contributed by atoms with van der Waals surface area (Å²) >= 11 is 2.26. The van der Waals surface area contributed by atoms with Gasteiger partial charge in [0, 0.05) is 0 Å². The molecule has 0 aromatic rings. The van der Waals surface area contributed by atoms with E-state index >= 15 is 0 Å². The Hall–Kier alpha value is 0.214. The number of ether oxygens (including phenoxy) is 1. The summed E-state index contributed by atoms with van der Waals surface area (Å²) < 4.78 is 8.07. The van der Waals surface area contributed by atoms with Gasteiger partial charge in [0.1, 0.15) is 0 Å². The molecule has 0 radical (unpaired) electrons. The monoisotopic (exact) mass is 403 g/mol. The number of hydrogen-bond donors (Lipinski definition) is 0. The minimum Gasteiger partial charge on any atom is -1.00 e. The van der Waals surface area contributed by atoms with E-state index in [2.05, 4.69) is 78.5 Å². The molecular weight excluding hydrogens is 375 g/mol. The molecule has 0 fully saturated rings.